The van der Waals surface area contributed by atoms with Gasteiger partial charge in [-0.15, -0.1) is 0 Å². The van der Waals surface area contributed by atoms with E-state index in [4.69, 9.17) is 48.2 Å². The molecule has 5 aliphatic rings. The molecule has 13 aromatic heterocycles. The van der Waals surface area contributed by atoms with Gasteiger partial charge in [0.2, 0.25) is 0 Å². The molecule has 0 atom stereocenters. The Morgan fingerprint density at radius 1 is 0.360 bits per heavy atom. The number of rotatable bonds is 24. The summed E-state index contributed by atoms with van der Waals surface area (Å²) in [7, 11) is 0. The van der Waals surface area contributed by atoms with E-state index in [1.54, 1.807) is 25.5 Å². The molecule has 3 N–H and O–H groups in total. The van der Waals surface area contributed by atoms with Crippen molar-refractivity contribution in [2.45, 2.75) is 283 Å². The zero-order valence-electron chi connectivity index (χ0n) is 80.1. The molecule has 5 saturated carbocycles. The van der Waals surface area contributed by atoms with E-state index < -0.39 is 51.7 Å². The minimum atomic E-state index is -1.54. The summed E-state index contributed by atoms with van der Waals surface area (Å²) in [4.78, 5) is 64.7. The number of carbonyl (C=O) groups is 4. The molecule has 21 rings (SSSR count). The number of carboxylic acid groups (broad SMARTS) is 3. The predicted octanol–water partition coefficient (Wildman–Crippen LogP) is 25.1. The second-order valence-corrected chi connectivity index (χ2v) is 39.7. The molecule has 0 radical (unpaired) electrons. The molecule has 139 heavy (non-hydrogen) atoms. The smallest absolute Gasteiger partial charge is 0.325 e. The van der Waals surface area contributed by atoms with E-state index >= 15 is 17.6 Å². The summed E-state index contributed by atoms with van der Waals surface area (Å²) in [5.41, 5.74) is 18.9. The number of hydrogen-bond acceptors (Lipinski definition) is 17. The molecular formula is C109H115F5N14O11. The maximum Gasteiger partial charge on any atom is 0.325 e. The normalized spacial score (nSPS) is 18.1. The number of hydrogen-bond donors (Lipinski definition) is 3. The van der Waals surface area contributed by atoms with E-state index in [0.717, 1.165) is 231 Å². The van der Waals surface area contributed by atoms with E-state index in [-0.39, 0.29) is 64.1 Å². The molecule has 30 heteroatoms. The van der Waals surface area contributed by atoms with Crippen molar-refractivity contribution in [3.8, 4) is 89.0 Å². The number of fused-ring (bicyclic) bond motifs is 4. The van der Waals surface area contributed by atoms with Crippen molar-refractivity contribution in [3.63, 3.8) is 0 Å². The first-order valence-electron chi connectivity index (χ1n) is 48.1. The molecule has 0 unspecified atom stereocenters. The monoisotopic (exact) mass is 1890 g/mol. The largest absolute Gasteiger partial charge is 0.481 e. The van der Waals surface area contributed by atoms with Crippen molar-refractivity contribution < 1.29 is 74.5 Å². The molecule has 722 valence electrons. The molecule has 16 aromatic rings. The summed E-state index contributed by atoms with van der Waals surface area (Å²) in [6, 6.07) is 31.3. The number of benzene rings is 3. The van der Waals surface area contributed by atoms with Crippen LogP contribution >= 0.6 is 0 Å². The molecule has 25 nitrogen and oxygen atoms in total. The molecular weight excluding hydrogens is 1780 g/mol. The average molecular weight is 1890 g/mol. The summed E-state index contributed by atoms with van der Waals surface area (Å²) < 4.78 is 108. The van der Waals surface area contributed by atoms with Gasteiger partial charge in [-0.25, -0.2) is 22.0 Å². The SMILES string of the molecule is CC(=O)Cc1cccc(-c2cn(CC3(F)CCCCC3)c3cc(-c4c(C)noc4C)cnc23)c1.Cc1noc(C)c1-c1cnc2c(-c3ccc(C4(C(=O)O)CC4)cc3)cn(CC3(F)CCCCC3)c2c1.Cc1noc(C)c1-c1cnc2c(-c3ccc(CC(=O)O)cc3)cn(CC3(F)CCCCC3)c2c1.Cc1noc(C)c1-c1cnc2c(-c3cnn(CC(=O)O)c3)cn(CC3(F)CCC(C)(F)CC3)c2c1. The molecule has 0 amide bonds. The highest BCUT2D eigenvalue weighted by Gasteiger charge is 2.52. The minimum absolute atomic E-state index is 0.0224. The van der Waals surface area contributed by atoms with Crippen LogP contribution in [-0.2, 0) is 70.2 Å². The first-order chi connectivity index (χ1) is 66.5. The van der Waals surface area contributed by atoms with E-state index in [2.05, 4.69) is 37.9 Å². The van der Waals surface area contributed by atoms with Crippen molar-refractivity contribution >= 4 is 67.8 Å². The van der Waals surface area contributed by atoms with Gasteiger partial charge in [-0.2, -0.15) is 5.10 Å². The van der Waals surface area contributed by atoms with Crippen LogP contribution in [0, 0.1) is 55.4 Å². The van der Waals surface area contributed by atoms with Crippen molar-refractivity contribution in [2.75, 3.05) is 0 Å². The Labute approximate surface area is 800 Å². The molecule has 5 aliphatic carbocycles. The third kappa shape index (κ3) is 20.3. The van der Waals surface area contributed by atoms with Crippen LogP contribution in [0.2, 0.25) is 0 Å². The Morgan fingerprint density at radius 3 is 1.03 bits per heavy atom. The van der Waals surface area contributed by atoms with Crippen molar-refractivity contribution in [1.29, 1.82) is 0 Å². The Balaban J connectivity index is 0.000000123. The van der Waals surface area contributed by atoms with Crippen LogP contribution in [0.5, 0.6) is 0 Å². The lowest BCUT2D eigenvalue weighted by molar-refractivity contribution is -0.140. The summed E-state index contributed by atoms with van der Waals surface area (Å²) in [5, 5.41) is 48.2. The third-order valence-electron chi connectivity index (χ3n) is 28.9. The van der Waals surface area contributed by atoms with Gasteiger partial charge >= 0.3 is 17.9 Å². The quantitative estimate of drug-likeness (QED) is 0.0473. The zero-order chi connectivity index (χ0) is 97.8. The number of ketones is 1. The van der Waals surface area contributed by atoms with Gasteiger partial charge in [0.05, 0.1) is 111 Å². The number of aromatic nitrogens is 14. The lowest BCUT2D eigenvalue weighted by Crippen LogP contribution is -2.38. The number of halogens is 5. The zero-order valence-corrected chi connectivity index (χ0v) is 80.1. The number of Topliss-reactive ketones (excluding diaryl/α,β-unsaturated/α-hetero) is 1. The van der Waals surface area contributed by atoms with Gasteiger partial charge < -0.3 is 51.7 Å². The number of aliphatic carboxylic acids is 3. The molecule has 5 fully saturated rings. The average Bonchev–Trinajstić information content (AvgIpc) is 1.65. The highest BCUT2D eigenvalue weighted by Crippen LogP contribution is 2.51. The van der Waals surface area contributed by atoms with Crippen LogP contribution in [0.4, 0.5) is 22.0 Å². The second kappa shape index (κ2) is 38.5. The van der Waals surface area contributed by atoms with Crippen LogP contribution < -0.4 is 0 Å². The maximum absolute atomic E-state index is 15.9. The second-order valence-electron chi connectivity index (χ2n) is 39.7. The first-order valence-corrected chi connectivity index (χ1v) is 48.1. The Bertz CT molecular complexity index is 7210. The number of carbonyl (C=O) groups excluding carboxylic acids is 1. The van der Waals surface area contributed by atoms with Gasteiger partial charge in [-0.3, -0.25) is 43.8 Å². The van der Waals surface area contributed by atoms with Gasteiger partial charge in [-0.1, -0.05) is 151 Å². The molecule has 0 bridgehead atoms. The molecule has 0 spiro atoms. The predicted molar refractivity (Wildman–Crippen MR) is 521 cm³/mol. The number of carboxylic acids is 3. The Morgan fingerprint density at radius 2 is 0.705 bits per heavy atom. The van der Waals surface area contributed by atoms with Gasteiger partial charge in [0.25, 0.3) is 0 Å². The summed E-state index contributed by atoms with van der Waals surface area (Å²) >= 11 is 0. The van der Waals surface area contributed by atoms with Crippen LogP contribution in [0.3, 0.4) is 0 Å². The van der Waals surface area contributed by atoms with E-state index in [0.29, 0.717) is 86.7 Å². The third-order valence-corrected chi connectivity index (χ3v) is 28.9. The number of nitrogens with zero attached hydrogens (tertiary/aromatic N) is 14. The topological polar surface area (TPSA) is 322 Å². The standard InChI is InChI=1S/C29H30FN3O3.C28H30FN3O2.C27H28FN3O3.C25H27F2N5O3/c1-18-25(19(2)36-32-18)21-14-24-26(31-15-21)23(16-33(24)17-28(30)10-4-3-5-11-28)20-6-8-22(9-7-20)29(12-13-29)27(34)35;1-18(33)12-21-8-7-9-22(13-21)24-16-32(17-28(29)10-5-4-6-11-28)25-14-23(15-30-27(24)25)26-19(2)31-34-20(26)3;1-17-25(18(2)34-30-17)21-13-23-26(29-14-21)22(20-8-6-19(7-9-20)12-24(32)33)15-31(23)16-27(28)10-4-3-5-11-27;1-15-22(16(2)35-30-15)17-8-20-23(28-9-17)19(18-10-29-32(11-18)13-21(33)34)12-31(20)14-25(27)6-4-24(3,26)5-7-25/h6-9,14-16H,3-5,10-13,17H2,1-2H3,(H,34,35);7-9,13-16H,4-6,10-12,17H2,1-3H3;6-9,13-15H,3-5,10-12,16H2,1-2H3,(H,32,33);8-12H,4-7,13-14H2,1-3H3,(H,33,34). The fraction of sp³-hybridized carbons (Fsp3) is 0.404. The van der Waals surface area contributed by atoms with Gasteiger partial charge in [0.15, 0.2) is 0 Å². The van der Waals surface area contributed by atoms with Crippen LogP contribution in [0.1, 0.15) is 211 Å². The van der Waals surface area contributed by atoms with E-state index in [1.807, 2.05) is 202 Å². The highest BCUT2D eigenvalue weighted by atomic mass is 19.2. The molecule has 13 heterocycles. The molecule has 0 aliphatic heterocycles. The van der Waals surface area contributed by atoms with E-state index in [1.165, 1.54) is 11.6 Å². The summed E-state index contributed by atoms with van der Waals surface area (Å²) in [5.74, 6) is 0.347. The minimum Gasteiger partial charge on any atom is -0.481 e. The Kier molecular flexibility index (Phi) is 26.5. The lowest BCUT2D eigenvalue weighted by atomic mass is 9.79. The molecule has 3 aromatic carbocycles. The van der Waals surface area contributed by atoms with Gasteiger partial charge in [0, 0.05) is 135 Å². The van der Waals surface area contributed by atoms with Crippen molar-refractivity contribution in [2.24, 2.45) is 0 Å². The lowest BCUT2D eigenvalue weighted by Gasteiger charge is -2.36. The van der Waals surface area contributed by atoms with E-state index in [9.17, 15) is 28.7 Å². The van der Waals surface area contributed by atoms with Crippen LogP contribution in [0.15, 0.2) is 177 Å². The fourth-order valence-electron chi connectivity index (χ4n) is 21.3. The number of alkyl halides is 5. The number of aryl methyl sites for hydroxylation is 8. The summed E-state index contributed by atoms with van der Waals surface area (Å²) in [6.45, 7) is 18.9. The first kappa shape index (κ1) is 95.5. The van der Waals surface area contributed by atoms with Gasteiger partial charge in [-0.05, 0) is 204 Å². The van der Waals surface area contributed by atoms with Crippen LogP contribution in [0.25, 0.3) is 133 Å². The highest BCUT2D eigenvalue weighted by molar-refractivity contribution is 5.99. The van der Waals surface area contributed by atoms with Gasteiger partial charge in [0.1, 0.15) is 63.7 Å². The van der Waals surface area contributed by atoms with Crippen molar-refractivity contribution in [1.82, 2.24) is 68.6 Å². The fourth-order valence-corrected chi connectivity index (χ4v) is 21.3. The molecule has 0 saturated heterocycles. The summed E-state index contributed by atoms with van der Waals surface area (Å²) in [6.07, 6.45) is 32.9. The van der Waals surface area contributed by atoms with Crippen LogP contribution in [-0.4, -0.2) is 136 Å². The maximum atomic E-state index is 15.9. The number of pyridine rings is 4. The van der Waals surface area contributed by atoms with Crippen molar-refractivity contribution in [3.05, 3.63) is 222 Å². The Hall–Kier alpha value is -13.8.